The fourth-order valence-corrected chi connectivity index (χ4v) is 4.73. The van der Waals surface area contributed by atoms with Crippen LogP contribution in [0, 0.1) is 6.92 Å². The highest BCUT2D eigenvalue weighted by Gasteiger charge is 2.14. The molecule has 0 radical (unpaired) electrons. The second kappa shape index (κ2) is 9.41. The number of imidazole rings is 1. The summed E-state index contributed by atoms with van der Waals surface area (Å²) in [6.07, 6.45) is 6.85. The lowest BCUT2D eigenvalue weighted by Crippen LogP contribution is -2.26. The number of hydrogen-bond acceptors (Lipinski definition) is 5. The van der Waals surface area contributed by atoms with Gasteiger partial charge in [-0.05, 0) is 37.6 Å². The number of rotatable bonds is 9. The van der Waals surface area contributed by atoms with Crippen LogP contribution in [-0.4, -0.2) is 40.1 Å². The largest absolute Gasteiger partial charge is 0.362 e. The van der Waals surface area contributed by atoms with E-state index < -0.39 is 0 Å². The molecule has 156 valence electrons. The van der Waals surface area contributed by atoms with Gasteiger partial charge in [-0.3, -0.25) is 4.90 Å². The van der Waals surface area contributed by atoms with E-state index in [4.69, 9.17) is 4.98 Å². The van der Waals surface area contributed by atoms with Crippen molar-refractivity contribution in [2.24, 2.45) is 0 Å². The minimum atomic E-state index is 0.881. The molecule has 4 aromatic rings. The summed E-state index contributed by atoms with van der Waals surface area (Å²) in [5.74, 6) is 1.05. The zero-order valence-electron chi connectivity index (χ0n) is 18.0. The highest BCUT2D eigenvalue weighted by molar-refractivity contribution is 7.11. The second-order valence-electron chi connectivity index (χ2n) is 7.94. The molecule has 0 saturated heterocycles. The van der Waals surface area contributed by atoms with Gasteiger partial charge >= 0.3 is 0 Å². The number of thiophene rings is 1. The molecule has 0 aliphatic heterocycles. The van der Waals surface area contributed by atoms with Crippen molar-refractivity contribution in [3.8, 4) is 0 Å². The predicted octanol–water partition coefficient (Wildman–Crippen LogP) is 4.96. The van der Waals surface area contributed by atoms with Gasteiger partial charge in [0.1, 0.15) is 5.82 Å². The van der Waals surface area contributed by atoms with Gasteiger partial charge in [-0.15, -0.1) is 11.3 Å². The van der Waals surface area contributed by atoms with Crippen LogP contribution in [0.4, 0.5) is 5.82 Å². The topological polar surface area (TPSA) is 37.2 Å². The van der Waals surface area contributed by atoms with E-state index in [1.165, 1.54) is 20.7 Å². The Kier molecular flexibility index (Phi) is 6.45. The lowest BCUT2D eigenvalue weighted by Gasteiger charge is -2.25. The number of pyridine rings is 1. The molecule has 0 aliphatic carbocycles. The maximum absolute atomic E-state index is 4.95. The zero-order valence-corrected chi connectivity index (χ0v) is 18.8. The van der Waals surface area contributed by atoms with Gasteiger partial charge in [0.25, 0.3) is 0 Å². The quantitative estimate of drug-likeness (QED) is 0.384. The normalized spacial score (nSPS) is 11.5. The Hall–Kier alpha value is -2.70. The Morgan fingerprint density at radius 2 is 1.93 bits per heavy atom. The molecule has 0 bridgehead atoms. The van der Waals surface area contributed by atoms with Crippen LogP contribution in [0.15, 0.2) is 61.2 Å². The van der Waals surface area contributed by atoms with Gasteiger partial charge < -0.3 is 9.47 Å². The lowest BCUT2D eigenvalue weighted by atomic mass is 10.1. The van der Waals surface area contributed by atoms with Gasteiger partial charge in [-0.25, -0.2) is 9.97 Å². The van der Waals surface area contributed by atoms with Gasteiger partial charge in [-0.2, -0.15) is 0 Å². The van der Waals surface area contributed by atoms with Crippen molar-refractivity contribution in [3.05, 3.63) is 76.5 Å². The standard InChI is InChI=1S/C24H29N5S/c1-19-9-10-22(30-19)17-29(13-6-12-28-14-11-25-18-28)16-21-15-20-7-4-5-8-23(20)26-24(21)27(2)3/h4-5,7-11,14-15,18H,6,12-13,16-17H2,1-3H3. The summed E-state index contributed by atoms with van der Waals surface area (Å²) < 4.78 is 2.15. The first-order valence-electron chi connectivity index (χ1n) is 10.4. The number of fused-ring (bicyclic) bond motifs is 1. The average Bonchev–Trinajstić information content (AvgIpc) is 3.39. The molecule has 1 aromatic carbocycles. The molecule has 0 fully saturated rings. The molecule has 0 spiro atoms. The Balaban J connectivity index is 1.57. The van der Waals surface area contributed by atoms with Crippen LogP contribution >= 0.6 is 11.3 Å². The number of para-hydroxylation sites is 1. The lowest BCUT2D eigenvalue weighted by molar-refractivity contribution is 0.250. The van der Waals surface area contributed by atoms with Gasteiger partial charge in [0.15, 0.2) is 0 Å². The van der Waals surface area contributed by atoms with Crippen LogP contribution < -0.4 is 4.90 Å². The molecule has 0 N–H and O–H groups in total. The average molecular weight is 420 g/mol. The molecule has 30 heavy (non-hydrogen) atoms. The van der Waals surface area contributed by atoms with E-state index >= 15 is 0 Å². The minimum absolute atomic E-state index is 0.881. The Labute approximate surface area is 182 Å². The van der Waals surface area contributed by atoms with Crippen LogP contribution in [-0.2, 0) is 19.6 Å². The summed E-state index contributed by atoms with van der Waals surface area (Å²) in [5, 5.41) is 1.20. The Morgan fingerprint density at radius 3 is 2.67 bits per heavy atom. The van der Waals surface area contributed by atoms with Crippen molar-refractivity contribution in [1.82, 2.24) is 19.4 Å². The molecule has 0 saturated carbocycles. The maximum Gasteiger partial charge on any atom is 0.133 e. The molecule has 5 nitrogen and oxygen atoms in total. The van der Waals surface area contributed by atoms with E-state index in [0.717, 1.165) is 43.9 Å². The molecule has 0 atom stereocenters. The molecular formula is C24H29N5S. The molecule has 3 heterocycles. The van der Waals surface area contributed by atoms with Gasteiger partial charge in [0.05, 0.1) is 11.8 Å². The minimum Gasteiger partial charge on any atom is -0.362 e. The molecule has 0 amide bonds. The summed E-state index contributed by atoms with van der Waals surface area (Å²) in [4.78, 5) is 16.6. The van der Waals surface area contributed by atoms with Crippen molar-refractivity contribution >= 4 is 28.1 Å². The van der Waals surface area contributed by atoms with Crippen LogP contribution in [0.5, 0.6) is 0 Å². The SMILES string of the molecule is Cc1ccc(CN(CCCn2ccnc2)Cc2cc3ccccc3nc2N(C)C)s1. The third-order valence-corrected chi connectivity index (χ3v) is 6.21. The van der Waals surface area contributed by atoms with Crippen molar-refractivity contribution in [3.63, 3.8) is 0 Å². The van der Waals surface area contributed by atoms with E-state index in [9.17, 15) is 0 Å². The number of nitrogens with zero attached hydrogens (tertiary/aromatic N) is 5. The van der Waals surface area contributed by atoms with E-state index in [2.05, 4.69) is 82.8 Å². The van der Waals surface area contributed by atoms with Crippen LogP contribution in [0.25, 0.3) is 10.9 Å². The fourth-order valence-electron chi connectivity index (χ4n) is 3.79. The van der Waals surface area contributed by atoms with Gasteiger partial charge in [0, 0.05) is 73.4 Å². The number of hydrogen-bond donors (Lipinski definition) is 0. The summed E-state index contributed by atoms with van der Waals surface area (Å²) in [5.41, 5.74) is 2.32. The molecule has 0 unspecified atom stereocenters. The van der Waals surface area contributed by atoms with E-state index in [0.29, 0.717) is 0 Å². The van der Waals surface area contributed by atoms with Gasteiger partial charge in [0.2, 0.25) is 0 Å². The Bertz CT molecular complexity index is 1080. The number of anilines is 1. The Morgan fingerprint density at radius 1 is 1.07 bits per heavy atom. The summed E-state index contributed by atoms with van der Waals surface area (Å²) in [6.45, 7) is 6.02. The molecule has 4 rings (SSSR count). The fraction of sp³-hybridized carbons (Fsp3) is 0.333. The number of aromatic nitrogens is 3. The van der Waals surface area contributed by atoms with Gasteiger partial charge in [-0.1, -0.05) is 18.2 Å². The summed E-state index contributed by atoms with van der Waals surface area (Å²) in [7, 11) is 4.15. The first kappa shape index (κ1) is 20.6. The second-order valence-corrected chi connectivity index (χ2v) is 9.31. The third kappa shape index (κ3) is 5.07. The van der Waals surface area contributed by atoms with Crippen LogP contribution in [0.3, 0.4) is 0 Å². The third-order valence-electron chi connectivity index (χ3n) is 5.22. The predicted molar refractivity (Wildman–Crippen MR) is 126 cm³/mol. The molecular weight excluding hydrogens is 390 g/mol. The summed E-state index contributed by atoms with van der Waals surface area (Å²) >= 11 is 1.89. The maximum atomic E-state index is 4.95. The van der Waals surface area contributed by atoms with E-state index in [1.54, 1.807) is 0 Å². The number of benzene rings is 1. The molecule has 6 heteroatoms. The highest BCUT2D eigenvalue weighted by atomic mass is 32.1. The van der Waals surface area contributed by atoms with Crippen molar-refractivity contribution < 1.29 is 0 Å². The van der Waals surface area contributed by atoms with Crippen molar-refractivity contribution in [2.45, 2.75) is 33.0 Å². The van der Waals surface area contributed by atoms with Crippen molar-refractivity contribution in [2.75, 3.05) is 25.5 Å². The monoisotopic (exact) mass is 419 g/mol. The van der Waals surface area contributed by atoms with Crippen molar-refractivity contribution in [1.29, 1.82) is 0 Å². The first-order chi connectivity index (χ1) is 14.6. The first-order valence-corrected chi connectivity index (χ1v) is 11.2. The number of aryl methyl sites for hydroxylation is 2. The smallest absolute Gasteiger partial charge is 0.133 e. The highest BCUT2D eigenvalue weighted by Crippen LogP contribution is 2.25. The molecule has 3 aromatic heterocycles. The van der Waals surface area contributed by atoms with Crippen LogP contribution in [0.2, 0.25) is 0 Å². The zero-order chi connectivity index (χ0) is 20.9. The van der Waals surface area contributed by atoms with E-state index in [1.807, 2.05) is 30.1 Å². The van der Waals surface area contributed by atoms with E-state index in [-0.39, 0.29) is 0 Å². The molecule has 0 aliphatic rings. The summed E-state index contributed by atoms with van der Waals surface area (Å²) in [6, 6.07) is 15.2. The van der Waals surface area contributed by atoms with Crippen LogP contribution in [0.1, 0.15) is 21.7 Å².